The zero-order chi connectivity index (χ0) is 27.0. The number of ether oxygens (including phenoxy) is 6. The van der Waals surface area contributed by atoms with Crippen LogP contribution >= 0.6 is 0 Å². The molecular weight excluding hydrogens is 504 g/mol. The molecule has 3 fully saturated rings. The molecule has 0 aromatic heterocycles. The molecule has 2 bridgehead atoms. The lowest BCUT2D eigenvalue weighted by Gasteiger charge is -2.41. The van der Waals surface area contributed by atoms with Crippen LogP contribution in [0.3, 0.4) is 0 Å². The normalized spacial score (nSPS) is 28.5. The van der Waals surface area contributed by atoms with Gasteiger partial charge in [-0.05, 0) is 29.5 Å². The van der Waals surface area contributed by atoms with E-state index in [2.05, 4.69) is 36.4 Å². The van der Waals surface area contributed by atoms with Crippen LogP contribution in [0.4, 0.5) is 0 Å². The predicted octanol–water partition coefficient (Wildman–Crippen LogP) is 6.22. The predicted molar refractivity (Wildman–Crippen MR) is 151 cm³/mol. The molecule has 6 atom stereocenters. The number of hydrogen-bond donors (Lipinski definition) is 0. The first-order chi connectivity index (χ1) is 19.8. The van der Waals surface area contributed by atoms with Crippen molar-refractivity contribution in [2.45, 2.75) is 94.8 Å². The average molecular weight is 545 g/mol. The van der Waals surface area contributed by atoms with Gasteiger partial charge in [0, 0.05) is 0 Å². The van der Waals surface area contributed by atoms with Gasteiger partial charge < -0.3 is 28.4 Å². The summed E-state index contributed by atoms with van der Waals surface area (Å²) in [6, 6.07) is 30.6. The van der Waals surface area contributed by atoms with Gasteiger partial charge in [0.2, 0.25) is 0 Å². The van der Waals surface area contributed by atoms with Gasteiger partial charge in [0.25, 0.3) is 0 Å². The number of benzene rings is 3. The van der Waals surface area contributed by atoms with Crippen molar-refractivity contribution in [2.75, 3.05) is 6.61 Å². The van der Waals surface area contributed by atoms with E-state index in [1.165, 1.54) is 19.3 Å². The average Bonchev–Trinajstić information content (AvgIpc) is 3.26. The van der Waals surface area contributed by atoms with E-state index in [1.54, 1.807) is 0 Å². The van der Waals surface area contributed by atoms with Crippen LogP contribution in [0.2, 0.25) is 0 Å². The minimum absolute atomic E-state index is 0.176. The Bertz CT molecular complexity index is 1140. The molecule has 0 spiro atoms. The molecule has 1 aliphatic carbocycles. The Hall–Kier alpha value is -2.58. The van der Waals surface area contributed by atoms with Crippen molar-refractivity contribution < 1.29 is 28.4 Å². The van der Waals surface area contributed by atoms with Crippen molar-refractivity contribution in [1.82, 2.24) is 0 Å². The molecule has 3 aromatic carbocycles. The molecule has 6 rings (SSSR count). The van der Waals surface area contributed by atoms with E-state index < -0.39 is 12.4 Å². The Morgan fingerprint density at radius 3 is 1.73 bits per heavy atom. The summed E-state index contributed by atoms with van der Waals surface area (Å²) in [7, 11) is 0. The molecule has 0 unspecified atom stereocenters. The van der Waals surface area contributed by atoms with Crippen LogP contribution in [0.15, 0.2) is 91.0 Å². The number of fused-ring (bicyclic) bond motifs is 2. The quantitative estimate of drug-likeness (QED) is 0.270. The third kappa shape index (κ3) is 7.00. The van der Waals surface area contributed by atoms with E-state index in [-0.39, 0.29) is 30.5 Å². The van der Waals surface area contributed by atoms with E-state index in [0.717, 1.165) is 29.5 Å². The fourth-order valence-corrected chi connectivity index (χ4v) is 5.97. The number of hydrogen-bond acceptors (Lipinski definition) is 6. The third-order valence-corrected chi connectivity index (χ3v) is 8.07. The van der Waals surface area contributed by atoms with Crippen LogP contribution < -0.4 is 0 Å². The highest BCUT2D eigenvalue weighted by Gasteiger charge is 2.58. The second kappa shape index (κ2) is 13.9. The summed E-state index contributed by atoms with van der Waals surface area (Å²) < 4.78 is 39.2. The Balaban J connectivity index is 1.20. The van der Waals surface area contributed by atoms with Gasteiger partial charge in [0.05, 0.1) is 32.5 Å². The highest BCUT2D eigenvalue weighted by molar-refractivity contribution is 5.16. The zero-order valence-corrected chi connectivity index (χ0v) is 23.0. The molecule has 6 nitrogen and oxygen atoms in total. The maximum atomic E-state index is 6.72. The van der Waals surface area contributed by atoms with Crippen molar-refractivity contribution in [3.05, 3.63) is 108 Å². The van der Waals surface area contributed by atoms with Crippen LogP contribution in [0.1, 0.15) is 48.8 Å². The zero-order valence-electron chi connectivity index (χ0n) is 23.0. The maximum absolute atomic E-state index is 6.72. The van der Waals surface area contributed by atoms with Crippen LogP contribution in [-0.4, -0.2) is 49.5 Å². The van der Waals surface area contributed by atoms with Crippen molar-refractivity contribution in [2.24, 2.45) is 0 Å². The molecule has 2 saturated heterocycles. The van der Waals surface area contributed by atoms with E-state index in [9.17, 15) is 0 Å². The minimum Gasteiger partial charge on any atom is -0.374 e. The topological polar surface area (TPSA) is 55.4 Å². The molecule has 2 heterocycles. The van der Waals surface area contributed by atoms with E-state index >= 15 is 0 Å². The second-order valence-electron chi connectivity index (χ2n) is 11.0. The van der Waals surface area contributed by atoms with E-state index in [1.807, 2.05) is 54.6 Å². The summed E-state index contributed by atoms with van der Waals surface area (Å²) in [6.07, 6.45) is 3.78. The lowest BCUT2D eigenvalue weighted by molar-refractivity contribution is -0.296. The Morgan fingerprint density at radius 1 is 0.575 bits per heavy atom. The molecule has 6 heteroatoms. The van der Waals surface area contributed by atoms with Gasteiger partial charge in [-0.1, -0.05) is 110 Å². The van der Waals surface area contributed by atoms with Crippen molar-refractivity contribution in [3.8, 4) is 0 Å². The molecular formula is C34H40O6. The minimum atomic E-state index is -0.516. The standard InChI is InChI=1S/C34H40O6/c1-5-13-25(14-6-1)21-35-24-29-30-31(36-22-26-15-7-2-8-16-26)32(39-29)33(37-23-27-17-9-3-10-18-27)34(40-30)38-28-19-11-4-12-20-28/h1-3,5-10,13-18,28-34H,4,11-12,19-24H2/t29-,30+,31+,32-,33-,34-/m0/s1. The fourth-order valence-electron chi connectivity index (χ4n) is 5.97. The van der Waals surface area contributed by atoms with Crippen LogP contribution in [0.5, 0.6) is 0 Å². The second-order valence-corrected chi connectivity index (χ2v) is 11.0. The Morgan fingerprint density at radius 2 is 1.12 bits per heavy atom. The molecule has 1 saturated carbocycles. The molecule has 0 N–H and O–H groups in total. The Labute approximate surface area is 237 Å². The van der Waals surface area contributed by atoms with Gasteiger partial charge in [-0.15, -0.1) is 0 Å². The molecule has 0 amide bonds. The van der Waals surface area contributed by atoms with Gasteiger partial charge in [-0.3, -0.25) is 0 Å². The largest absolute Gasteiger partial charge is 0.374 e. The molecule has 2 aliphatic heterocycles. The monoisotopic (exact) mass is 544 g/mol. The first-order valence-corrected chi connectivity index (χ1v) is 14.7. The van der Waals surface area contributed by atoms with Crippen molar-refractivity contribution in [3.63, 3.8) is 0 Å². The van der Waals surface area contributed by atoms with Gasteiger partial charge in [-0.2, -0.15) is 0 Å². The summed E-state index contributed by atoms with van der Waals surface area (Å²) >= 11 is 0. The van der Waals surface area contributed by atoms with Gasteiger partial charge >= 0.3 is 0 Å². The summed E-state index contributed by atoms with van der Waals surface area (Å²) in [4.78, 5) is 0. The van der Waals surface area contributed by atoms with E-state index in [0.29, 0.717) is 26.4 Å². The summed E-state index contributed by atoms with van der Waals surface area (Å²) in [5.41, 5.74) is 3.34. The smallest absolute Gasteiger partial charge is 0.187 e. The Kier molecular flexibility index (Phi) is 9.56. The van der Waals surface area contributed by atoms with Gasteiger partial charge in [-0.25, -0.2) is 0 Å². The molecule has 3 aliphatic rings. The molecule has 3 aromatic rings. The highest BCUT2D eigenvalue weighted by atomic mass is 16.7. The molecule has 0 radical (unpaired) electrons. The first-order valence-electron chi connectivity index (χ1n) is 14.7. The van der Waals surface area contributed by atoms with Crippen molar-refractivity contribution >= 4 is 0 Å². The van der Waals surface area contributed by atoms with Crippen molar-refractivity contribution in [1.29, 1.82) is 0 Å². The maximum Gasteiger partial charge on any atom is 0.187 e. The lowest BCUT2D eigenvalue weighted by Crippen LogP contribution is -2.57. The van der Waals surface area contributed by atoms with Gasteiger partial charge in [0.15, 0.2) is 6.29 Å². The fraction of sp³-hybridized carbons (Fsp3) is 0.471. The van der Waals surface area contributed by atoms with E-state index in [4.69, 9.17) is 28.4 Å². The number of rotatable bonds is 12. The summed E-state index contributed by atoms with van der Waals surface area (Å²) in [6.45, 7) is 1.85. The summed E-state index contributed by atoms with van der Waals surface area (Å²) in [5.74, 6) is 0. The molecule has 40 heavy (non-hydrogen) atoms. The summed E-state index contributed by atoms with van der Waals surface area (Å²) in [5, 5.41) is 0. The molecule has 212 valence electrons. The highest BCUT2D eigenvalue weighted by Crippen LogP contribution is 2.40. The lowest BCUT2D eigenvalue weighted by atomic mass is 9.96. The van der Waals surface area contributed by atoms with Crippen LogP contribution in [-0.2, 0) is 48.2 Å². The SMILES string of the molecule is c1ccc(COC[C@@H]2O[C@H]3[C@H](OCc4ccccc4)[C@@H]2O[C@H](OC2CCCCC2)[C@H]3OCc2ccccc2)cc1. The van der Waals surface area contributed by atoms with Crippen LogP contribution in [0.25, 0.3) is 0 Å². The van der Waals surface area contributed by atoms with Gasteiger partial charge in [0.1, 0.15) is 30.5 Å². The first kappa shape index (κ1) is 27.6. The third-order valence-electron chi connectivity index (χ3n) is 8.07. The van der Waals surface area contributed by atoms with Crippen LogP contribution in [0, 0.1) is 0 Å².